The highest BCUT2D eigenvalue weighted by molar-refractivity contribution is 5.96. The molecule has 0 saturated heterocycles. The van der Waals surface area contributed by atoms with E-state index in [1.807, 2.05) is 0 Å². The monoisotopic (exact) mass is 302 g/mol. The number of hydrogen-bond acceptors (Lipinski definition) is 4. The molecule has 5 nitrogen and oxygen atoms in total. The summed E-state index contributed by atoms with van der Waals surface area (Å²) in [7, 11) is 0. The highest BCUT2D eigenvalue weighted by Crippen LogP contribution is 2.16. The number of aryl methyl sites for hydroxylation is 1. The Bertz CT molecular complexity index is 716. The third kappa shape index (κ3) is 3.88. The number of hydrogen-bond donors (Lipinski definition) is 1. The predicted octanol–water partition coefficient (Wildman–Crippen LogP) is 3.73. The molecular formula is C16H15FN2O3. The summed E-state index contributed by atoms with van der Waals surface area (Å²) in [5.74, 6) is -0.515. The fourth-order valence-electron chi connectivity index (χ4n) is 1.96. The number of carbonyl (C=O) groups excluding carboxylic acids is 1. The molecule has 0 amide bonds. The Labute approximate surface area is 126 Å². The van der Waals surface area contributed by atoms with Gasteiger partial charge in [0.05, 0.1) is 4.92 Å². The van der Waals surface area contributed by atoms with Crippen LogP contribution in [0.25, 0.3) is 0 Å². The third-order valence-electron chi connectivity index (χ3n) is 3.23. The average molecular weight is 302 g/mol. The molecule has 2 aromatic carbocycles. The minimum atomic E-state index is -0.538. The van der Waals surface area contributed by atoms with Gasteiger partial charge in [-0.1, -0.05) is 18.2 Å². The molecule has 0 spiro atoms. The lowest BCUT2D eigenvalue weighted by Crippen LogP contribution is -2.09. The summed E-state index contributed by atoms with van der Waals surface area (Å²) in [6, 6.07) is 10.4. The van der Waals surface area contributed by atoms with Gasteiger partial charge < -0.3 is 5.32 Å². The van der Waals surface area contributed by atoms with Crippen molar-refractivity contribution in [2.24, 2.45) is 0 Å². The van der Waals surface area contributed by atoms with Crippen LogP contribution < -0.4 is 5.32 Å². The van der Waals surface area contributed by atoms with Crippen LogP contribution >= 0.6 is 0 Å². The summed E-state index contributed by atoms with van der Waals surface area (Å²) in [4.78, 5) is 22.1. The van der Waals surface area contributed by atoms with Crippen molar-refractivity contribution in [1.82, 2.24) is 0 Å². The van der Waals surface area contributed by atoms with Crippen molar-refractivity contribution in [3.05, 3.63) is 69.5 Å². The average Bonchev–Trinajstić information content (AvgIpc) is 2.51. The largest absolute Gasteiger partial charge is 0.385 e. The summed E-state index contributed by atoms with van der Waals surface area (Å²) in [5.41, 5.74) is 1.33. The Balaban J connectivity index is 1.94. The van der Waals surface area contributed by atoms with Crippen LogP contribution in [-0.2, 0) is 0 Å². The maximum Gasteiger partial charge on any atom is 0.270 e. The number of benzene rings is 2. The topological polar surface area (TPSA) is 72.2 Å². The zero-order valence-corrected chi connectivity index (χ0v) is 12.0. The molecule has 0 aliphatic carbocycles. The Kier molecular flexibility index (Phi) is 4.83. The summed E-state index contributed by atoms with van der Waals surface area (Å²) in [6.45, 7) is 2.00. The van der Waals surface area contributed by atoms with E-state index >= 15 is 0 Å². The van der Waals surface area contributed by atoms with Crippen LogP contribution in [-0.4, -0.2) is 17.3 Å². The van der Waals surface area contributed by atoms with Gasteiger partial charge in [-0.15, -0.1) is 0 Å². The number of rotatable bonds is 6. The van der Waals surface area contributed by atoms with E-state index in [2.05, 4.69) is 5.32 Å². The molecule has 6 heteroatoms. The predicted molar refractivity (Wildman–Crippen MR) is 81.7 cm³/mol. The maximum atomic E-state index is 13.4. The van der Waals surface area contributed by atoms with Gasteiger partial charge in [-0.05, 0) is 24.6 Å². The third-order valence-corrected chi connectivity index (χ3v) is 3.23. The van der Waals surface area contributed by atoms with Gasteiger partial charge in [-0.3, -0.25) is 14.9 Å². The fourth-order valence-corrected chi connectivity index (χ4v) is 1.96. The molecule has 0 fully saturated rings. The first-order chi connectivity index (χ1) is 10.5. The van der Waals surface area contributed by atoms with Gasteiger partial charge in [0, 0.05) is 36.3 Å². The molecule has 0 atom stereocenters. The molecule has 0 radical (unpaired) electrons. The second kappa shape index (κ2) is 6.80. The quantitative estimate of drug-likeness (QED) is 0.501. The maximum absolute atomic E-state index is 13.4. The number of nitrogens with zero attached hydrogens (tertiary/aromatic N) is 1. The number of anilines is 1. The van der Waals surface area contributed by atoms with Gasteiger partial charge in [0.15, 0.2) is 5.78 Å². The Morgan fingerprint density at radius 1 is 1.27 bits per heavy atom. The molecule has 0 saturated carbocycles. The molecule has 0 heterocycles. The van der Waals surface area contributed by atoms with E-state index in [0.29, 0.717) is 23.4 Å². The van der Waals surface area contributed by atoms with Crippen molar-refractivity contribution in [3.63, 3.8) is 0 Å². The van der Waals surface area contributed by atoms with E-state index in [1.165, 1.54) is 24.3 Å². The minimum Gasteiger partial charge on any atom is -0.385 e. The van der Waals surface area contributed by atoms with E-state index in [1.54, 1.807) is 25.1 Å². The van der Waals surface area contributed by atoms with Gasteiger partial charge >= 0.3 is 0 Å². The molecule has 2 rings (SSSR count). The molecule has 114 valence electrons. The van der Waals surface area contributed by atoms with Crippen molar-refractivity contribution < 1.29 is 14.1 Å². The number of Topliss-reactive ketones (excluding diaryl/α,β-unsaturated/α-hetero) is 1. The SMILES string of the molecule is Cc1ccc(NCCC(=O)c2cccc([N+](=O)[O-])c2)cc1F. The van der Waals surface area contributed by atoms with Crippen molar-refractivity contribution in [1.29, 1.82) is 0 Å². The molecule has 1 N–H and O–H groups in total. The highest BCUT2D eigenvalue weighted by Gasteiger charge is 2.11. The van der Waals surface area contributed by atoms with Gasteiger partial charge in [0.1, 0.15) is 5.82 Å². The standard InChI is InChI=1S/C16H15FN2O3/c1-11-5-6-13(10-15(11)17)18-8-7-16(20)12-3-2-4-14(9-12)19(21)22/h2-6,9-10,18H,7-8H2,1H3. The fraction of sp³-hybridized carbons (Fsp3) is 0.188. The van der Waals surface area contributed by atoms with Crippen LogP contribution in [0, 0.1) is 22.9 Å². The van der Waals surface area contributed by atoms with Crippen LogP contribution in [0.2, 0.25) is 0 Å². The van der Waals surface area contributed by atoms with Crippen LogP contribution in [0.3, 0.4) is 0 Å². The molecule has 0 unspecified atom stereocenters. The van der Waals surface area contributed by atoms with Crippen molar-refractivity contribution in [2.45, 2.75) is 13.3 Å². The second-order valence-corrected chi connectivity index (χ2v) is 4.87. The summed E-state index contributed by atoms with van der Waals surface area (Å²) in [6.07, 6.45) is 0.163. The number of halogens is 1. The first kappa shape index (κ1) is 15.6. The van der Waals surface area contributed by atoms with Gasteiger partial charge in [0.25, 0.3) is 5.69 Å². The lowest BCUT2D eigenvalue weighted by atomic mass is 10.1. The summed E-state index contributed by atoms with van der Waals surface area (Å²) in [5, 5.41) is 13.6. The smallest absolute Gasteiger partial charge is 0.270 e. The lowest BCUT2D eigenvalue weighted by molar-refractivity contribution is -0.384. The van der Waals surface area contributed by atoms with Gasteiger partial charge in [-0.25, -0.2) is 4.39 Å². The van der Waals surface area contributed by atoms with Crippen LogP contribution in [0.15, 0.2) is 42.5 Å². The summed E-state index contributed by atoms with van der Waals surface area (Å²) < 4.78 is 13.4. The summed E-state index contributed by atoms with van der Waals surface area (Å²) >= 11 is 0. The van der Waals surface area contributed by atoms with E-state index < -0.39 is 4.92 Å². The zero-order valence-electron chi connectivity index (χ0n) is 12.0. The molecule has 22 heavy (non-hydrogen) atoms. The normalized spacial score (nSPS) is 10.3. The molecule has 0 bridgehead atoms. The van der Waals surface area contributed by atoms with Crippen LogP contribution in [0.4, 0.5) is 15.8 Å². The molecule has 0 aromatic heterocycles. The number of carbonyl (C=O) groups is 1. The zero-order chi connectivity index (χ0) is 16.1. The molecular weight excluding hydrogens is 287 g/mol. The number of nitro benzene ring substituents is 1. The number of ketones is 1. The van der Waals surface area contributed by atoms with E-state index in [0.717, 1.165) is 0 Å². The van der Waals surface area contributed by atoms with Crippen molar-refractivity contribution in [3.8, 4) is 0 Å². The van der Waals surface area contributed by atoms with Crippen molar-refractivity contribution >= 4 is 17.2 Å². The van der Waals surface area contributed by atoms with Crippen molar-refractivity contribution in [2.75, 3.05) is 11.9 Å². The Morgan fingerprint density at radius 3 is 2.73 bits per heavy atom. The lowest BCUT2D eigenvalue weighted by Gasteiger charge is -2.07. The van der Waals surface area contributed by atoms with E-state index in [-0.39, 0.29) is 23.7 Å². The molecule has 0 aliphatic rings. The molecule has 0 aliphatic heterocycles. The molecule has 2 aromatic rings. The Morgan fingerprint density at radius 2 is 2.05 bits per heavy atom. The van der Waals surface area contributed by atoms with Gasteiger partial charge in [0.2, 0.25) is 0 Å². The van der Waals surface area contributed by atoms with Gasteiger partial charge in [-0.2, -0.15) is 0 Å². The highest BCUT2D eigenvalue weighted by atomic mass is 19.1. The minimum absolute atomic E-state index is 0.112. The first-order valence-electron chi connectivity index (χ1n) is 6.75. The van der Waals surface area contributed by atoms with E-state index in [9.17, 15) is 19.3 Å². The number of nitro groups is 1. The van der Waals surface area contributed by atoms with Crippen LogP contribution in [0.5, 0.6) is 0 Å². The first-order valence-corrected chi connectivity index (χ1v) is 6.75. The number of non-ortho nitro benzene ring substituents is 1. The van der Waals surface area contributed by atoms with E-state index in [4.69, 9.17) is 0 Å². The number of nitrogens with one attached hydrogen (secondary N) is 1. The second-order valence-electron chi connectivity index (χ2n) is 4.87. The van der Waals surface area contributed by atoms with Crippen LogP contribution in [0.1, 0.15) is 22.3 Å². The Hall–Kier alpha value is -2.76.